The zero-order valence-corrected chi connectivity index (χ0v) is 10.5. The third-order valence-electron chi connectivity index (χ3n) is 2.62. The van der Waals surface area contributed by atoms with Crippen molar-refractivity contribution in [2.45, 2.75) is 19.0 Å². The highest BCUT2D eigenvalue weighted by Crippen LogP contribution is 2.32. The van der Waals surface area contributed by atoms with Gasteiger partial charge >= 0.3 is 12.1 Å². The smallest absolute Gasteiger partial charge is 0.317 e. The molecule has 18 heavy (non-hydrogen) atoms. The number of amides is 1. The van der Waals surface area contributed by atoms with Gasteiger partial charge in [0.25, 0.3) is 0 Å². The van der Waals surface area contributed by atoms with Crippen molar-refractivity contribution in [3.05, 3.63) is 27.7 Å². The topological polar surface area (TPSA) is 46.2 Å². The van der Waals surface area contributed by atoms with E-state index in [-0.39, 0.29) is 11.5 Å². The van der Waals surface area contributed by atoms with Crippen LogP contribution < -0.4 is 5.32 Å². The molecule has 2 rings (SSSR count). The van der Waals surface area contributed by atoms with E-state index in [1.54, 1.807) is 11.4 Å². The van der Waals surface area contributed by atoms with Crippen LogP contribution in [0.2, 0.25) is 0 Å². The number of Topliss-reactive ketones (excluding diaryl/α,β-unsaturated/α-hetero) is 1. The van der Waals surface area contributed by atoms with Gasteiger partial charge in [0.1, 0.15) is 0 Å². The number of hydrogen-bond donors (Lipinski definition) is 1. The molecular formula is C11H7BrF3NO2. The molecule has 7 heteroatoms. The van der Waals surface area contributed by atoms with Gasteiger partial charge in [-0.1, -0.05) is 0 Å². The van der Waals surface area contributed by atoms with Crippen molar-refractivity contribution in [2.75, 3.05) is 5.32 Å². The van der Waals surface area contributed by atoms with E-state index >= 15 is 0 Å². The molecule has 0 radical (unpaired) electrons. The first-order valence-corrected chi connectivity index (χ1v) is 5.82. The molecule has 1 aromatic rings. The fourth-order valence-corrected chi connectivity index (χ4v) is 2.24. The molecule has 0 heterocycles. The molecule has 0 saturated heterocycles. The number of nitrogens with one attached hydrogen (secondary N) is 1. The number of halogens is 4. The lowest BCUT2D eigenvalue weighted by Gasteiger charge is -2.11. The number of carbonyl (C=O) groups excluding carboxylic acids is 2. The summed E-state index contributed by atoms with van der Waals surface area (Å²) in [5.41, 5.74) is 1.10. The lowest BCUT2D eigenvalue weighted by atomic mass is 10.1. The van der Waals surface area contributed by atoms with E-state index in [9.17, 15) is 22.8 Å². The van der Waals surface area contributed by atoms with Crippen LogP contribution in [0.25, 0.3) is 0 Å². The molecule has 1 aliphatic rings. The van der Waals surface area contributed by atoms with E-state index in [0.29, 0.717) is 22.9 Å². The minimum atomic E-state index is -4.96. The molecule has 1 aromatic carbocycles. The molecule has 0 bridgehead atoms. The van der Waals surface area contributed by atoms with Gasteiger partial charge in [0.2, 0.25) is 0 Å². The number of aryl methyl sites for hydroxylation is 1. The summed E-state index contributed by atoms with van der Waals surface area (Å²) < 4.78 is 36.7. The molecule has 0 aliphatic heterocycles. The summed E-state index contributed by atoms with van der Waals surface area (Å²) in [6, 6.07) is 2.84. The Morgan fingerprint density at radius 3 is 2.56 bits per heavy atom. The van der Waals surface area contributed by atoms with Crippen molar-refractivity contribution in [3.63, 3.8) is 0 Å². The summed E-state index contributed by atoms with van der Waals surface area (Å²) in [6.45, 7) is 0. The van der Waals surface area contributed by atoms with Gasteiger partial charge in [-0.05, 0) is 40.0 Å². The third-order valence-corrected chi connectivity index (χ3v) is 3.28. The van der Waals surface area contributed by atoms with Crippen molar-refractivity contribution < 1.29 is 22.8 Å². The normalized spacial score (nSPS) is 14.6. The Hall–Kier alpha value is -1.37. The van der Waals surface area contributed by atoms with E-state index in [1.807, 2.05) is 0 Å². The second-order valence-electron chi connectivity index (χ2n) is 3.86. The SMILES string of the molecule is O=C1CCc2cc(Br)c(NC(=O)C(F)(F)F)cc21. The Kier molecular flexibility index (Phi) is 3.18. The van der Waals surface area contributed by atoms with Crippen LogP contribution in [0.3, 0.4) is 0 Å². The van der Waals surface area contributed by atoms with E-state index < -0.39 is 12.1 Å². The Bertz CT molecular complexity index is 540. The highest BCUT2D eigenvalue weighted by Gasteiger charge is 2.39. The van der Waals surface area contributed by atoms with Crippen molar-refractivity contribution in [1.29, 1.82) is 0 Å². The van der Waals surface area contributed by atoms with Crippen LogP contribution in [-0.2, 0) is 11.2 Å². The Labute approximate surface area is 108 Å². The van der Waals surface area contributed by atoms with Gasteiger partial charge < -0.3 is 5.32 Å². The van der Waals surface area contributed by atoms with Crippen LogP contribution in [-0.4, -0.2) is 17.9 Å². The third kappa shape index (κ3) is 2.40. The standard InChI is InChI=1S/C11H7BrF3NO2/c12-7-3-5-1-2-9(17)6(5)4-8(7)16-10(18)11(13,14)15/h3-4H,1-2H2,(H,16,18). The first kappa shape index (κ1) is 13.1. The monoisotopic (exact) mass is 321 g/mol. The Morgan fingerprint density at radius 2 is 1.94 bits per heavy atom. The molecule has 0 unspecified atom stereocenters. The summed E-state index contributed by atoms with van der Waals surface area (Å²) in [7, 11) is 0. The maximum absolute atomic E-state index is 12.1. The number of anilines is 1. The molecule has 1 aliphatic carbocycles. The molecule has 0 saturated carbocycles. The van der Waals surface area contributed by atoms with E-state index in [0.717, 1.165) is 5.56 Å². The second kappa shape index (κ2) is 4.38. The molecule has 96 valence electrons. The average Bonchev–Trinajstić information content (AvgIpc) is 2.59. The fraction of sp³-hybridized carbons (Fsp3) is 0.273. The van der Waals surface area contributed by atoms with Gasteiger partial charge in [0.05, 0.1) is 5.69 Å². The average molecular weight is 322 g/mol. The predicted molar refractivity (Wildman–Crippen MR) is 61.5 cm³/mol. The number of fused-ring (bicyclic) bond motifs is 1. The number of hydrogen-bond acceptors (Lipinski definition) is 2. The van der Waals surface area contributed by atoms with E-state index in [4.69, 9.17) is 0 Å². The molecule has 0 aromatic heterocycles. The second-order valence-corrected chi connectivity index (χ2v) is 4.72. The lowest BCUT2D eigenvalue weighted by molar-refractivity contribution is -0.167. The van der Waals surface area contributed by atoms with Crippen molar-refractivity contribution in [3.8, 4) is 0 Å². The molecule has 0 atom stereocenters. The van der Waals surface area contributed by atoms with E-state index in [2.05, 4.69) is 15.9 Å². The highest BCUT2D eigenvalue weighted by atomic mass is 79.9. The van der Waals surface area contributed by atoms with Crippen LogP contribution >= 0.6 is 15.9 Å². The first-order chi connectivity index (χ1) is 8.29. The summed E-state index contributed by atoms with van der Waals surface area (Å²) in [5, 5.41) is 1.74. The number of rotatable bonds is 1. The van der Waals surface area contributed by atoms with Gasteiger partial charge in [0.15, 0.2) is 5.78 Å². The maximum Gasteiger partial charge on any atom is 0.471 e. The minimum absolute atomic E-state index is 0.0497. The van der Waals surface area contributed by atoms with Gasteiger partial charge in [-0.3, -0.25) is 9.59 Å². The fourth-order valence-electron chi connectivity index (χ4n) is 1.75. The molecule has 1 amide bonds. The number of benzene rings is 1. The van der Waals surface area contributed by atoms with Gasteiger partial charge in [-0.25, -0.2) is 0 Å². The molecule has 0 fully saturated rings. The largest absolute Gasteiger partial charge is 0.471 e. The van der Waals surface area contributed by atoms with Crippen molar-refractivity contribution in [1.82, 2.24) is 0 Å². The minimum Gasteiger partial charge on any atom is -0.317 e. The predicted octanol–water partition coefficient (Wildman–Crippen LogP) is 3.08. The zero-order chi connectivity index (χ0) is 13.5. The lowest BCUT2D eigenvalue weighted by Crippen LogP contribution is -2.30. The quantitative estimate of drug-likeness (QED) is 0.864. The summed E-state index contributed by atoms with van der Waals surface area (Å²) in [6.07, 6.45) is -4.04. The summed E-state index contributed by atoms with van der Waals surface area (Å²) >= 11 is 3.07. The first-order valence-electron chi connectivity index (χ1n) is 5.03. The Balaban J connectivity index is 2.33. The van der Waals surface area contributed by atoms with Crippen LogP contribution in [0.1, 0.15) is 22.3 Å². The van der Waals surface area contributed by atoms with Crippen LogP contribution in [0, 0.1) is 0 Å². The van der Waals surface area contributed by atoms with Crippen LogP contribution in [0.15, 0.2) is 16.6 Å². The molecule has 0 spiro atoms. The van der Waals surface area contributed by atoms with Crippen molar-refractivity contribution >= 4 is 33.3 Å². The number of carbonyl (C=O) groups is 2. The number of alkyl halides is 3. The van der Waals surface area contributed by atoms with Crippen LogP contribution in [0.4, 0.5) is 18.9 Å². The summed E-state index contributed by atoms with van der Waals surface area (Å²) in [4.78, 5) is 22.3. The van der Waals surface area contributed by atoms with Crippen LogP contribution in [0.5, 0.6) is 0 Å². The number of ketones is 1. The molecule has 3 nitrogen and oxygen atoms in total. The molecule has 1 N–H and O–H groups in total. The maximum atomic E-state index is 12.1. The van der Waals surface area contributed by atoms with Gasteiger partial charge in [-0.2, -0.15) is 13.2 Å². The van der Waals surface area contributed by atoms with E-state index in [1.165, 1.54) is 6.07 Å². The Morgan fingerprint density at radius 1 is 1.28 bits per heavy atom. The zero-order valence-electron chi connectivity index (χ0n) is 8.90. The molecular weight excluding hydrogens is 315 g/mol. The highest BCUT2D eigenvalue weighted by molar-refractivity contribution is 9.10. The van der Waals surface area contributed by atoms with Crippen molar-refractivity contribution in [2.24, 2.45) is 0 Å². The van der Waals surface area contributed by atoms with Gasteiger partial charge in [0, 0.05) is 16.5 Å². The van der Waals surface area contributed by atoms with Gasteiger partial charge in [-0.15, -0.1) is 0 Å². The summed E-state index contributed by atoms with van der Waals surface area (Å²) in [5.74, 6) is -2.19.